The molecule has 0 radical (unpaired) electrons. The Bertz CT molecular complexity index is 896. The van der Waals surface area contributed by atoms with Crippen molar-refractivity contribution in [2.75, 3.05) is 26.4 Å². The van der Waals surface area contributed by atoms with Crippen LogP contribution in [0.3, 0.4) is 0 Å². The van der Waals surface area contributed by atoms with Gasteiger partial charge in [-0.2, -0.15) is 0 Å². The van der Waals surface area contributed by atoms with E-state index in [1.54, 1.807) is 7.05 Å². The van der Waals surface area contributed by atoms with E-state index in [4.69, 9.17) is 0 Å². The molecule has 1 heterocycles. The van der Waals surface area contributed by atoms with Gasteiger partial charge in [0.1, 0.15) is 10.7 Å². The molecule has 0 spiro atoms. The molecule has 9 heteroatoms. The summed E-state index contributed by atoms with van der Waals surface area (Å²) >= 11 is 3.44. The lowest BCUT2D eigenvalue weighted by Crippen LogP contribution is -2.40. The maximum absolute atomic E-state index is 13.7. The summed E-state index contributed by atoms with van der Waals surface area (Å²) in [7, 11) is 1.74. The predicted octanol–water partition coefficient (Wildman–Crippen LogP) is 2.41. The van der Waals surface area contributed by atoms with E-state index in [0.717, 1.165) is 16.2 Å². The smallest absolute Gasteiger partial charge is 0.193 e. The molecule has 0 saturated heterocycles. The molecule has 6 nitrogen and oxygen atoms in total. The van der Waals surface area contributed by atoms with E-state index in [1.165, 1.54) is 18.2 Å². The van der Waals surface area contributed by atoms with E-state index < -0.39 is 15.7 Å². The molecule has 1 N–H and O–H groups in total. The van der Waals surface area contributed by atoms with Gasteiger partial charge < -0.3 is 14.8 Å². The summed E-state index contributed by atoms with van der Waals surface area (Å²) in [4.78, 5) is 5.78. The minimum Gasteiger partial charge on any atom is -0.355 e. The molecule has 2 aromatic rings. The van der Waals surface area contributed by atoms with Gasteiger partial charge in [-0.1, -0.05) is 12.1 Å². The number of aromatic nitrogens is 1. The molecule has 0 bridgehead atoms. The zero-order chi connectivity index (χ0) is 19.3. The van der Waals surface area contributed by atoms with E-state index in [2.05, 4.69) is 26.2 Å². The van der Waals surface area contributed by atoms with Crippen LogP contribution >= 0.6 is 15.9 Å². The Balaban J connectivity index is 1.96. The number of hydrogen-bond acceptors (Lipinski definition) is 3. The summed E-state index contributed by atoms with van der Waals surface area (Å²) in [6.45, 7) is 0.729. The monoisotopic (exact) mass is 444 g/mol. The zero-order valence-corrected chi connectivity index (χ0v) is 17.3. The first-order chi connectivity index (χ1) is 12.2. The quantitative estimate of drug-likeness (QED) is 0.548. The first-order valence-corrected chi connectivity index (χ1v) is 10.4. The lowest BCUT2D eigenvalue weighted by Gasteiger charge is -2.22. The van der Waals surface area contributed by atoms with Gasteiger partial charge in [0.25, 0.3) is 0 Å². The molecule has 0 aliphatic rings. The number of rotatable bonds is 6. The number of aryl methyl sites for hydroxylation is 1. The molecule has 1 aromatic carbocycles. The van der Waals surface area contributed by atoms with E-state index >= 15 is 0 Å². The number of benzene rings is 1. The maximum Gasteiger partial charge on any atom is 0.193 e. The molecule has 2 rings (SSSR count). The van der Waals surface area contributed by atoms with Gasteiger partial charge in [-0.3, -0.25) is 4.99 Å². The van der Waals surface area contributed by atoms with Crippen molar-refractivity contribution in [1.82, 2.24) is 14.8 Å². The van der Waals surface area contributed by atoms with Crippen LogP contribution in [0.1, 0.15) is 5.69 Å². The molecular weight excluding hydrogens is 423 g/mol. The number of aliphatic imine (C=N–C) groups is 1. The summed E-state index contributed by atoms with van der Waals surface area (Å²) in [5, 5.41) is 3.01. The Morgan fingerprint density at radius 3 is 2.65 bits per heavy atom. The van der Waals surface area contributed by atoms with Gasteiger partial charge in [0.15, 0.2) is 15.8 Å². The van der Waals surface area contributed by atoms with Crippen molar-refractivity contribution in [3.05, 3.63) is 52.5 Å². The predicted molar refractivity (Wildman–Crippen MR) is 104 cm³/mol. The van der Waals surface area contributed by atoms with E-state index in [-0.39, 0.29) is 17.2 Å². The van der Waals surface area contributed by atoms with Crippen LogP contribution in [0.2, 0.25) is 0 Å². The highest BCUT2D eigenvalue weighted by atomic mass is 79.9. The van der Waals surface area contributed by atoms with Crippen molar-refractivity contribution in [3.63, 3.8) is 0 Å². The van der Waals surface area contributed by atoms with Crippen LogP contribution in [-0.4, -0.2) is 50.2 Å². The van der Waals surface area contributed by atoms with Crippen LogP contribution in [0.25, 0.3) is 0 Å². The van der Waals surface area contributed by atoms with E-state index in [1.807, 2.05) is 35.8 Å². The molecule has 0 aliphatic heterocycles. The lowest BCUT2D eigenvalue weighted by atomic mass is 10.3. The number of nitrogens with zero attached hydrogens (tertiary/aromatic N) is 3. The highest BCUT2D eigenvalue weighted by molar-refractivity contribution is 9.10. The Labute approximate surface area is 161 Å². The van der Waals surface area contributed by atoms with Crippen molar-refractivity contribution in [2.24, 2.45) is 12.0 Å². The number of sulfone groups is 1. The Hall–Kier alpha value is -1.87. The van der Waals surface area contributed by atoms with Crippen LogP contribution in [-0.2, 0) is 23.4 Å². The molecule has 0 fully saturated rings. The van der Waals surface area contributed by atoms with Gasteiger partial charge in [-0.05, 0) is 34.1 Å². The van der Waals surface area contributed by atoms with Gasteiger partial charge in [0, 0.05) is 44.1 Å². The molecule has 142 valence electrons. The van der Waals surface area contributed by atoms with Gasteiger partial charge in [0.05, 0.1) is 12.3 Å². The topological polar surface area (TPSA) is 66.7 Å². The third kappa shape index (κ3) is 5.07. The zero-order valence-electron chi connectivity index (χ0n) is 14.9. The summed E-state index contributed by atoms with van der Waals surface area (Å²) in [5.41, 5.74) is 1.07. The van der Waals surface area contributed by atoms with Crippen molar-refractivity contribution in [1.29, 1.82) is 0 Å². The van der Waals surface area contributed by atoms with Crippen molar-refractivity contribution < 1.29 is 12.8 Å². The molecule has 0 amide bonds. The van der Waals surface area contributed by atoms with Crippen molar-refractivity contribution >= 4 is 31.7 Å². The number of halogens is 2. The SMILES string of the molecule is CN=C(NCCS(=O)(=O)c1ccccc1F)N(C)Cc1cc(Br)cn1C. The van der Waals surface area contributed by atoms with Crippen LogP contribution in [0, 0.1) is 5.82 Å². The molecule has 0 atom stereocenters. The fraction of sp³-hybridized carbons (Fsp3) is 0.353. The maximum atomic E-state index is 13.7. The first-order valence-electron chi connectivity index (χ1n) is 7.94. The number of hydrogen-bond donors (Lipinski definition) is 1. The van der Waals surface area contributed by atoms with E-state index in [9.17, 15) is 12.8 Å². The third-order valence-electron chi connectivity index (χ3n) is 3.87. The highest BCUT2D eigenvalue weighted by Crippen LogP contribution is 2.16. The Morgan fingerprint density at radius 1 is 1.38 bits per heavy atom. The molecule has 0 saturated carbocycles. The van der Waals surface area contributed by atoms with E-state index in [0.29, 0.717) is 12.5 Å². The van der Waals surface area contributed by atoms with Gasteiger partial charge >= 0.3 is 0 Å². The van der Waals surface area contributed by atoms with Crippen LogP contribution in [0.5, 0.6) is 0 Å². The highest BCUT2D eigenvalue weighted by Gasteiger charge is 2.19. The summed E-state index contributed by atoms with van der Waals surface area (Å²) in [5.74, 6) is -0.398. The summed E-state index contributed by atoms with van der Waals surface area (Å²) in [6, 6.07) is 7.40. The average molecular weight is 445 g/mol. The standard InChI is InChI=1S/C17H22BrFN4O2S/c1-20-17(23(3)12-14-10-13(18)11-22(14)2)21-8-9-26(24,25)16-7-5-4-6-15(16)19/h4-7,10-11H,8-9,12H2,1-3H3,(H,20,21). The van der Waals surface area contributed by atoms with Gasteiger partial charge in [-0.15, -0.1) is 0 Å². The van der Waals surface area contributed by atoms with Crippen LogP contribution in [0.15, 0.2) is 50.9 Å². The average Bonchev–Trinajstić information content (AvgIpc) is 2.89. The first kappa shape index (κ1) is 20.4. The Morgan fingerprint density at radius 2 is 2.08 bits per heavy atom. The second-order valence-electron chi connectivity index (χ2n) is 5.84. The second-order valence-corrected chi connectivity index (χ2v) is 8.83. The van der Waals surface area contributed by atoms with Gasteiger partial charge in [0.2, 0.25) is 0 Å². The summed E-state index contributed by atoms with van der Waals surface area (Å²) < 4.78 is 41.3. The largest absolute Gasteiger partial charge is 0.355 e. The number of nitrogens with one attached hydrogen (secondary N) is 1. The molecule has 0 unspecified atom stereocenters. The third-order valence-corrected chi connectivity index (χ3v) is 6.05. The van der Waals surface area contributed by atoms with Crippen molar-refractivity contribution in [2.45, 2.75) is 11.4 Å². The second kappa shape index (κ2) is 8.68. The van der Waals surface area contributed by atoms with Crippen LogP contribution in [0.4, 0.5) is 4.39 Å². The number of guanidine groups is 1. The summed E-state index contributed by atoms with van der Waals surface area (Å²) in [6.07, 6.45) is 1.96. The molecular formula is C17H22BrFN4O2S. The lowest BCUT2D eigenvalue weighted by molar-refractivity contribution is 0.463. The van der Waals surface area contributed by atoms with Crippen LogP contribution < -0.4 is 5.32 Å². The minimum atomic E-state index is -3.70. The molecule has 1 aromatic heterocycles. The van der Waals surface area contributed by atoms with Crippen molar-refractivity contribution in [3.8, 4) is 0 Å². The molecule has 26 heavy (non-hydrogen) atoms. The van der Waals surface area contributed by atoms with Gasteiger partial charge in [-0.25, -0.2) is 12.8 Å². The fourth-order valence-electron chi connectivity index (χ4n) is 2.53. The normalized spacial score (nSPS) is 12.3. The Kier molecular flexibility index (Phi) is 6.82. The molecule has 0 aliphatic carbocycles. The fourth-order valence-corrected chi connectivity index (χ4v) is 4.34. The minimum absolute atomic E-state index is 0.129.